The molecule has 1 N–H and O–H groups in total. The molecule has 1 aromatic carbocycles. The van der Waals surface area contributed by atoms with E-state index in [1.54, 1.807) is 0 Å². The lowest BCUT2D eigenvalue weighted by Crippen LogP contribution is -2.46. The normalized spacial score (nSPS) is 15.5. The molecule has 2 aromatic rings. The van der Waals surface area contributed by atoms with E-state index in [4.69, 9.17) is 0 Å². The lowest BCUT2D eigenvalue weighted by atomic mass is 9.98. The van der Waals surface area contributed by atoms with Gasteiger partial charge in [-0.2, -0.15) is 0 Å². The second-order valence-electron chi connectivity index (χ2n) is 6.28. The van der Waals surface area contributed by atoms with Crippen LogP contribution in [0.5, 0.6) is 0 Å². The Labute approximate surface area is 131 Å². The Morgan fingerprint density at radius 2 is 1.95 bits per heavy atom. The fourth-order valence-corrected chi connectivity index (χ4v) is 2.95. The van der Waals surface area contributed by atoms with Crippen molar-refractivity contribution in [3.05, 3.63) is 41.1 Å². The monoisotopic (exact) mass is 297 g/mol. The predicted molar refractivity (Wildman–Crippen MR) is 89.3 cm³/mol. The Kier molecular flexibility index (Phi) is 4.12. The van der Waals surface area contributed by atoms with Crippen LogP contribution in [0.15, 0.2) is 24.3 Å². The lowest BCUT2D eigenvalue weighted by molar-refractivity contribution is 0.0737. The van der Waals surface area contributed by atoms with Crippen LogP contribution in [0.25, 0.3) is 10.9 Å². The quantitative estimate of drug-likeness (QED) is 0.927. The number of aromatic nitrogens is 1. The number of nitrogens with zero attached hydrogens (tertiary/aromatic N) is 2. The van der Waals surface area contributed by atoms with Crippen LogP contribution in [-0.2, 0) is 0 Å². The van der Waals surface area contributed by atoms with Gasteiger partial charge in [0.2, 0.25) is 0 Å². The second kappa shape index (κ2) is 6.05. The summed E-state index contributed by atoms with van der Waals surface area (Å²) >= 11 is 0. The molecule has 0 atom stereocenters. The first kappa shape index (κ1) is 15.0. The van der Waals surface area contributed by atoms with Crippen LogP contribution in [-0.4, -0.2) is 42.0 Å². The van der Waals surface area contributed by atoms with E-state index in [0.717, 1.165) is 48.3 Å². The molecule has 0 bridgehead atoms. The van der Waals surface area contributed by atoms with Crippen LogP contribution < -0.4 is 5.32 Å². The van der Waals surface area contributed by atoms with E-state index < -0.39 is 0 Å². The SMILES string of the molecule is Cc1cc(C(=O)N2CCNCC2)c2cc(C(C)C)ccc2n1. The number of rotatable bonds is 2. The van der Waals surface area contributed by atoms with E-state index in [9.17, 15) is 4.79 Å². The van der Waals surface area contributed by atoms with Gasteiger partial charge >= 0.3 is 0 Å². The number of carbonyl (C=O) groups excluding carboxylic acids is 1. The van der Waals surface area contributed by atoms with Gasteiger partial charge in [0.1, 0.15) is 0 Å². The van der Waals surface area contributed by atoms with Crippen molar-refractivity contribution in [3.8, 4) is 0 Å². The number of carbonyl (C=O) groups is 1. The van der Waals surface area contributed by atoms with E-state index in [1.165, 1.54) is 5.56 Å². The Morgan fingerprint density at radius 3 is 2.64 bits per heavy atom. The number of benzene rings is 1. The number of aryl methyl sites for hydroxylation is 1. The zero-order valence-corrected chi connectivity index (χ0v) is 13.5. The first-order valence-electron chi connectivity index (χ1n) is 7.97. The molecule has 4 heteroatoms. The highest BCUT2D eigenvalue weighted by Crippen LogP contribution is 2.25. The Balaban J connectivity index is 2.09. The molecule has 116 valence electrons. The van der Waals surface area contributed by atoms with Crippen molar-refractivity contribution >= 4 is 16.8 Å². The van der Waals surface area contributed by atoms with Crippen molar-refractivity contribution in [1.82, 2.24) is 15.2 Å². The van der Waals surface area contributed by atoms with Crippen molar-refractivity contribution in [2.24, 2.45) is 0 Å². The third kappa shape index (κ3) is 2.83. The largest absolute Gasteiger partial charge is 0.336 e. The summed E-state index contributed by atoms with van der Waals surface area (Å²) < 4.78 is 0. The molecule has 1 saturated heterocycles. The third-order valence-electron chi connectivity index (χ3n) is 4.26. The fourth-order valence-electron chi connectivity index (χ4n) is 2.95. The van der Waals surface area contributed by atoms with E-state index in [-0.39, 0.29) is 5.91 Å². The highest BCUT2D eigenvalue weighted by molar-refractivity contribution is 6.06. The van der Waals surface area contributed by atoms with Crippen LogP contribution in [0.2, 0.25) is 0 Å². The molecular weight excluding hydrogens is 274 g/mol. The average molecular weight is 297 g/mol. The van der Waals surface area contributed by atoms with E-state index in [0.29, 0.717) is 5.92 Å². The van der Waals surface area contributed by atoms with Gasteiger partial charge in [0, 0.05) is 37.3 Å². The molecular formula is C18H23N3O. The molecule has 0 spiro atoms. The van der Waals surface area contributed by atoms with Crippen molar-refractivity contribution < 1.29 is 4.79 Å². The summed E-state index contributed by atoms with van der Waals surface area (Å²) in [6.07, 6.45) is 0. The van der Waals surface area contributed by atoms with Crippen molar-refractivity contribution in [2.45, 2.75) is 26.7 Å². The maximum absolute atomic E-state index is 12.9. The average Bonchev–Trinajstić information content (AvgIpc) is 2.53. The predicted octanol–water partition coefficient (Wildman–Crippen LogP) is 2.71. The molecule has 0 radical (unpaired) electrons. The molecule has 1 amide bonds. The molecule has 3 rings (SSSR count). The first-order valence-corrected chi connectivity index (χ1v) is 7.97. The maximum atomic E-state index is 12.9. The smallest absolute Gasteiger partial charge is 0.254 e. The molecule has 0 unspecified atom stereocenters. The molecule has 1 aliphatic rings. The Hall–Kier alpha value is -1.94. The Morgan fingerprint density at radius 1 is 1.23 bits per heavy atom. The van der Waals surface area contributed by atoms with Crippen LogP contribution in [0.1, 0.15) is 41.4 Å². The summed E-state index contributed by atoms with van der Waals surface area (Å²) in [5, 5.41) is 4.26. The van der Waals surface area contributed by atoms with Gasteiger partial charge in [-0.05, 0) is 36.6 Å². The topological polar surface area (TPSA) is 45.2 Å². The van der Waals surface area contributed by atoms with E-state index in [1.807, 2.05) is 24.0 Å². The van der Waals surface area contributed by atoms with Crippen molar-refractivity contribution in [2.75, 3.05) is 26.2 Å². The molecule has 1 fully saturated rings. The van der Waals surface area contributed by atoms with Gasteiger partial charge in [0.15, 0.2) is 0 Å². The standard InChI is InChI=1S/C18H23N3O/c1-12(2)14-4-5-17-15(11-14)16(10-13(3)20-17)18(22)21-8-6-19-7-9-21/h4-5,10-12,19H,6-9H2,1-3H3. The lowest BCUT2D eigenvalue weighted by Gasteiger charge is -2.28. The van der Waals surface area contributed by atoms with Crippen molar-refractivity contribution in [3.63, 3.8) is 0 Å². The number of hydrogen-bond acceptors (Lipinski definition) is 3. The maximum Gasteiger partial charge on any atom is 0.254 e. The summed E-state index contributed by atoms with van der Waals surface area (Å²) in [6, 6.07) is 8.20. The highest BCUT2D eigenvalue weighted by atomic mass is 16.2. The van der Waals surface area contributed by atoms with Crippen LogP contribution in [0.3, 0.4) is 0 Å². The van der Waals surface area contributed by atoms with Gasteiger partial charge in [-0.15, -0.1) is 0 Å². The first-order chi connectivity index (χ1) is 10.6. The summed E-state index contributed by atoms with van der Waals surface area (Å²) in [4.78, 5) is 19.4. The third-order valence-corrected chi connectivity index (χ3v) is 4.26. The number of pyridine rings is 1. The minimum absolute atomic E-state index is 0.123. The van der Waals surface area contributed by atoms with Crippen LogP contribution >= 0.6 is 0 Å². The van der Waals surface area contributed by atoms with Gasteiger partial charge in [-0.1, -0.05) is 19.9 Å². The number of piperazine rings is 1. The van der Waals surface area contributed by atoms with Gasteiger partial charge in [-0.25, -0.2) is 0 Å². The summed E-state index contributed by atoms with van der Waals surface area (Å²) in [5.41, 5.74) is 3.82. The number of fused-ring (bicyclic) bond motifs is 1. The molecule has 0 aliphatic carbocycles. The van der Waals surface area contributed by atoms with Gasteiger partial charge in [0.25, 0.3) is 5.91 Å². The minimum Gasteiger partial charge on any atom is -0.336 e. The Bertz CT molecular complexity index is 703. The molecule has 1 aromatic heterocycles. The molecule has 4 nitrogen and oxygen atoms in total. The van der Waals surface area contributed by atoms with E-state index in [2.05, 4.69) is 36.3 Å². The molecule has 0 saturated carbocycles. The molecule has 2 heterocycles. The summed E-state index contributed by atoms with van der Waals surface area (Å²) in [7, 11) is 0. The highest BCUT2D eigenvalue weighted by Gasteiger charge is 2.21. The second-order valence-corrected chi connectivity index (χ2v) is 6.28. The molecule has 22 heavy (non-hydrogen) atoms. The molecule has 1 aliphatic heterocycles. The van der Waals surface area contributed by atoms with Crippen LogP contribution in [0.4, 0.5) is 0 Å². The summed E-state index contributed by atoms with van der Waals surface area (Å²) in [6.45, 7) is 9.55. The summed E-state index contributed by atoms with van der Waals surface area (Å²) in [5.74, 6) is 0.561. The van der Waals surface area contributed by atoms with Gasteiger partial charge < -0.3 is 10.2 Å². The van der Waals surface area contributed by atoms with E-state index >= 15 is 0 Å². The zero-order valence-electron chi connectivity index (χ0n) is 13.5. The van der Waals surface area contributed by atoms with Gasteiger partial charge in [0.05, 0.1) is 11.1 Å². The minimum atomic E-state index is 0.123. The van der Waals surface area contributed by atoms with Crippen LogP contribution in [0, 0.1) is 6.92 Å². The van der Waals surface area contributed by atoms with Crippen molar-refractivity contribution in [1.29, 1.82) is 0 Å². The zero-order chi connectivity index (χ0) is 15.7. The number of hydrogen-bond donors (Lipinski definition) is 1. The number of amides is 1. The van der Waals surface area contributed by atoms with Gasteiger partial charge in [-0.3, -0.25) is 9.78 Å². The number of nitrogens with one attached hydrogen (secondary N) is 1. The fraction of sp³-hybridized carbons (Fsp3) is 0.444.